The predicted octanol–water partition coefficient (Wildman–Crippen LogP) is 2.01. The number of amides is 1. The highest BCUT2D eigenvalue weighted by atomic mass is 16.5. The Hall–Kier alpha value is -1.79. The van der Waals surface area contributed by atoms with Crippen LogP contribution in [-0.4, -0.2) is 45.5 Å². The zero-order valence-corrected chi connectivity index (χ0v) is 13.3. The van der Waals surface area contributed by atoms with Gasteiger partial charge in [-0.05, 0) is 19.9 Å². The van der Waals surface area contributed by atoms with Crippen LogP contribution in [0.4, 0.5) is 5.69 Å². The number of carbonyl (C=O) groups excluding carboxylic acids is 1. The summed E-state index contributed by atoms with van der Waals surface area (Å²) in [5.41, 5.74) is 1.71. The molecule has 0 aromatic heterocycles. The molecule has 6 heteroatoms. The molecule has 1 N–H and O–H groups in total. The molecule has 0 aliphatic carbocycles. The first kappa shape index (κ1) is 16.6. The van der Waals surface area contributed by atoms with Crippen molar-refractivity contribution >= 4 is 11.6 Å². The Kier molecular flexibility index (Phi) is 6.03. The predicted molar refractivity (Wildman–Crippen MR) is 82.7 cm³/mol. The van der Waals surface area contributed by atoms with Crippen LogP contribution < -0.4 is 14.8 Å². The first-order valence-electron chi connectivity index (χ1n) is 7.47. The molecule has 0 saturated carbocycles. The first-order valence-corrected chi connectivity index (χ1v) is 7.47. The van der Waals surface area contributed by atoms with Gasteiger partial charge in [0.2, 0.25) is 5.91 Å². The van der Waals surface area contributed by atoms with Gasteiger partial charge in [0.15, 0.2) is 0 Å². The van der Waals surface area contributed by atoms with E-state index in [4.69, 9.17) is 18.9 Å². The van der Waals surface area contributed by atoms with Crippen molar-refractivity contribution in [3.8, 4) is 11.5 Å². The van der Waals surface area contributed by atoms with Crippen molar-refractivity contribution < 1.29 is 23.7 Å². The quantitative estimate of drug-likeness (QED) is 0.744. The Morgan fingerprint density at radius 1 is 1.41 bits per heavy atom. The second-order valence-corrected chi connectivity index (χ2v) is 5.12. The minimum Gasteiger partial charge on any atom is -0.492 e. The molecular weight excluding hydrogens is 286 g/mol. The fourth-order valence-electron chi connectivity index (χ4n) is 2.31. The van der Waals surface area contributed by atoms with Crippen molar-refractivity contribution in [2.45, 2.75) is 26.4 Å². The summed E-state index contributed by atoms with van der Waals surface area (Å²) in [5, 5.41) is 2.81. The van der Waals surface area contributed by atoms with E-state index in [1.807, 2.05) is 26.0 Å². The summed E-state index contributed by atoms with van der Waals surface area (Å²) in [6, 6.07) is 3.75. The highest BCUT2D eigenvalue weighted by molar-refractivity contribution is 5.93. The standard InChI is InChI=1S/C16H23NO5/c1-4-21-15-8-12-7-11(2)22-14(12)9-13(15)17-16(18)10-20-6-5-19-3/h8-9,11H,4-7,10H2,1-3H3,(H,17,18). The fourth-order valence-corrected chi connectivity index (χ4v) is 2.31. The van der Waals surface area contributed by atoms with Crippen LogP contribution in [0.1, 0.15) is 19.4 Å². The Balaban J connectivity index is 2.02. The van der Waals surface area contributed by atoms with Crippen LogP contribution in [0.2, 0.25) is 0 Å². The normalized spacial score (nSPS) is 16.0. The lowest BCUT2D eigenvalue weighted by molar-refractivity contribution is -0.121. The molecule has 122 valence electrons. The molecule has 1 unspecified atom stereocenters. The lowest BCUT2D eigenvalue weighted by Gasteiger charge is -2.13. The van der Waals surface area contributed by atoms with Gasteiger partial charge in [-0.1, -0.05) is 0 Å². The molecule has 0 spiro atoms. The van der Waals surface area contributed by atoms with E-state index in [9.17, 15) is 4.79 Å². The van der Waals surface area contributed by atoms with Crippen molar-refractivity contribution in [1.29, 1.82) is 0 Å². The van der Waals surface area contributed by atoms with Crippen LogP contribution in [0.25, 0.3) is 0 Å². The van der Waals surface area contributed by atoms with Crippen LogP contribution in [0.5, 0.6) is 11.5 Å². The third-order valence-corrected chi connectivity index (χ3v) is 3.24. The number of nitrogens with one attached hydrogen (secondary N) is 1. The van der Waals surface area contributed by atoms with Crippen LogP contribution in [-0.2, 0) is 20.7 Å². The molecule has 0 saturated heterocycles. The zero-order chi connectivity index (χ0) is 15.9. The van der Waals surface area contributed by atoms with Crippen LogP contribution >= 0.6 is 0 Å². The third kappa shape index (κ3) is 4.35. The van der Waals surface area contributed by atoms with E-state index < -0.39 is 0 Å². The van der Waals surface area contributed by atoms with Crippen LogP contribution in [0, 0.1) is 0 Å². The molecular formula is C16H23NO5. The van der Waals surface area contributed by atoms with Gasteiger partial charge in [-0.2, -0.15) is 0 Å². The third-order valence-electron chi connectivity index (χ3n) is 3.24. The molecule has 0 bridgehead atoms. The van der Waals surface area contributed by atoms with Gasteiger partial charge in [0, 0.05) is 25.2 Å². The van der Waals surface area contributed by atoms with Gasteiger partial charge in [0.1, 0.15) is 24.2 Å². The summed E-state index contributed by atoms with van der Waals surface area (Å²) in [6.45, 7) is 5.27. The van der Waals surface area contributed by atoms with Crippen LogP contribution in [0.15, 0.2) is 12.1 Å². The number of anilines is 1. The number of benzene rings is 1. The second kappa shape index (κ2) is 8.00. The van der Waals surface area contributed by atoms with Gasteiger partial charge in [0.25, 0.3) is 0 Å². The number of ether oxygens (including phenoxy) is 4. The number of methoxy groups -OCH3 is 1. The van der Waals surface area contributed by atoms with Crippen molar-refractivity contribution in [3.63, 3.8) is 0 Å². The summed E-state index contributed by atoms with van der Waals surface area (Å²) < 4.78 is 21.4. The molecule has 1 aromatic rings. The topological polar surface area (TPSA) is 66.0 Å². The largest absolute Gasteiger partial charge is 0.492 e. The molecule has 1 aliphatic heterocycles. The number of hydrogen-bond acceptors (Lipinski definition) is 5. The number of rotatable bonds is 8. The highest BCUT2D eigenvalue weighted by Crippen LogP contribution is 2.37. The number of hydrogen-bond donors (Lipinski definition) is 1. The number of fused-ring (bicyclic) bond motifs is 1. The average molecular weight is 309 g/mol. The van der Waals surface area contributed by atoms with Crippen molar-refractivity contribution in [2.24, 2.45) is 0 Å². The smallest absolute Gasteiger partial charge is 0.250 e. The summed E-state index contributed by atoms with van der Waals surface area (Å²) >= 11 is 0. The highest BCUT2D eigenvalue weighted by Gasteiger charge is 2.22. The second-order valence-electron chi connectivity index (χ2n) is 5.12. The lowest BCUT2D eigenvalue weighted by Crippen LogP contribution is -2.20. The molecule has 1 amide bonds. The van der Waals surface area contributed by atoms with Crippen molar-refractivity contribution in [1.82, 2.24) is 0 Å². The van der Waals surface area contributed by atoms with E-state index in [0.717, 1.165) is 17.7 Å². The molecule has 1 aromatic carbocycles. The van der Waals surface area contributed by atoms with E-state index in [0.29, 0.717) is 31.3 Å². The fraction of sp³-hybridized carbons (Fsp3) is 0.562. The SMILES string of the molecule is CCOc1cc2c(cc1NC(=O)COCCOC)OC(C)C2. The molecule has 0 fully saturated rings. The van der Waals surface area contributed by atoms with Crippen molar-refractivity contribution in [2.75, 3.05) is 38.9 Å². The van der Waals surface area contributed by atoms with E-state index in [1.165, 1.54) is 0 Å². The Bertz CT molecular complexity index is 518. The summed E-state index contributed by atoms with van der Waals surface area (Å²) in [5.74, 6) is 1.22. The molecule has 1 heterocycles. The van der Waals surface area contributed by atoms with Crippen LogP contribution in [0.3, 0.4) is 0 Å². The molecule has 1 aliphatic rings. The average Bonchev–Trinajstić information content (AvgIpc) is 2.83. The molecule has 0 radical (unpaired) electrons. The van der Waals surface area contributed by atoms with Gasteiger partial charge in [-0.25, -0.2) is 0 Å². The van der Waals surface area contributed by atoms with Crippen molar-refractivity contribution in [3.05, 3.63) is 17.7 Å². The summed E-state index contributed by atoms with van der Waals surface area (Å²) in [6.07, 6.45) is 0.997. The minimum atomic E-state index is -0.233. The lowest BCUT2D eigenvalue weighted by atomic mass is 10.1. The van der Waals surface area contributed by atoms with E-state index in [-0.39, 0.29) is 18.6 Å². The zero-order valence-electron chi connectivity index (χ0n) is 13.3. The Labute approximate surface area is 130 Å². The minimum absolute atomic E-state index is 0.0245. The molecule has 2 rings (SSSR count). The van der Waals surface area contributed by atoms with Gasteiger partial charge in [-0.3, -0.25) is 4.79 Å². The Morgan fingerprint density at radius 2 is 2.23 bits per heavy atom. The first-order chi connectivity index (χ1) is 10.6. The molecule has 22 heavy (non-hydrogen) atoms. The van der Waals surface area contributed by atoms with Gasteiger partial charge >= 0.3 is 0 Å². The summed E-state index contributed by atoms with van der Waals surface area (Å²) in [7, 11) is 1.59. The van der Waals surface area contributed by atoms with E-state index in [2.05, 4.69) is 5.32 Å². The van der Waals surface area contributed by atoms with E-state index >= 15 is 0 Å². The maximum atomic E-state index is 11.9. The molecule has 6 nitrogen and oxygen atoms in total. The van der Waals surface area contributed by atoms with Gasteiger partial charge in [-0.15, -0.1) is 0 Å². The van der Waals surface area contributed by atoms with Gasteiger partial charge in [0.05, 0.1) is 25.5 Å². The maximum Gasteiger partial charge on any atom is 0.250 e. The number of carbonyl (C=O) groups is 1. The summed E-state index contributed by atoms with van der Waals surface area (Å²) in [4.78, 5) is 11.9. The van der Waals surface area contributed by atoms with E-state index in [1.54, 1.807) is 7.11 Å². The Morgan fingerprint density at radius 3 is 2.95 bits per heavy atom. The monoisotopic (exact) mass is 309 g/mol. The maximum absolute atomic E-state index is 11.9. The van der Waals surface area contributed by atoms with Gasteiger partial charge < -0.3 is 24.3 Å². The molecule has 1 atom stereocenters.